The molecule has 3 nitrogen and oxygen atoms in total. The van der Waals surface area contributed by atoms with Crippen molar-refractivity contribution in [1.82, 2.24) is 5.32 Å². The molecule has 1 rings (SSSR count). The third-order valence-electron chi connectivity index (χ3n) is 1.88. The SMILES string of the molecule is COCC(C)NC(=S)Nc1cccc(Br)c1. The van der Waals surface area contributed by atoms with Crippen LogP contribution in [0.4, 0.5) is 5.69 Å². The van der Waals surface area contributed by atoms with Crippen molar-refractivity contribution in [1.29, 1.82) is 0 Å². The fourth-order valence-corrected chi connectivity index (χ4v) is 1.97. The van der Waals surface area contributed by atoms with E-state index in [1.807, 2.05) is 31.2 Å². The van der Waals surface area contributed by atoms with Gasteiger partial charge in [-0.25, -0.2) is 0 Å². The molecular weight excluding hydrogens is 288 g/mol. The second-order valence-corrected chi connectivity index (χ2v) is 4.79. The van der Waals surface area contributed by atoms with Gasteiger partial charge in [-0.15, -0.1) is 0 Å². The first-order chi connectivity index (χ1) is 7.61. The molecular formula is C11H15BrN2OS. The van der Waals surface area contributed by atoms with Crippen molar-refractivity contribution in [3.63, 3.8) is 0 Å². The smallest absolute Gasteiger partial charge is 0.171 e. The largest absolute Gasteiger partial charge is 0.383 e. The molecule has 0 aromatic heterocycles. The molecule has 0 spiro atoms. The topological polar surface area (TPSA) is 33.3 Å². The van der Waals surface area contributed by atoms with Gasteiger partial charge in [-0.1, -0.05) is 22.0 Å². The molecule has 0 aliphatic rings. The number of methoxy groups -OCH3 is 1. The maximum Gasteiger partial charge on any atom is 0.171 e. The van der Waals surface area contributed by atoms with Gasteiger partial charge in [0.05, 0.1) is 6.61 Å². The van der Waals surface area contributed by atoms with Crippen LogP contribution < -0.4 is 10.6 Å². The molecule has 0 radical (unpaired) electrons. The minimum Gasteiger partial charge on any atom is -0.383 e. The van der Waals surface area contributed by atoms with Crippen molar-refractivity contribution in [2.45, 2.75) is 13.0 Å². The quantitative estimate of drug-likeness (QED) is 0.838. The van der Waals surface area contributed by atoms with Crippen molar-refractivity contribution in [2.75, 3.05) is 19.0 Å². The Morgan fingerprint density at radius 3 is 2.94 bits per heavy atom. The summed E-state index contributed by atoms with van der Waals surface area (Å²) in [5.74, 6) is 0. The normalized spacial score (nSPS) is 11.9. The summed E-state index contributed by atoms with van der Waals surface area (Å²) in [6.07, 6.45) is 0. The van der Waals surface area contributed by atoms with E-state index in [1.165, 1.54) is 0 Å². The number of hydrogen-bond acceptors (Lipinski definition) is 2. The minimum absolute atomic E-state index is 0.192. The van der Waals surface area contributed by atoms with Crippen LogP contribution in [0.15, 0.2) is 28.7 Å². The molecule has 0 aliphatic carbocycles. The van der Waals surface area contributed by atoms with Gasteiger partial charge in [0, 0.05) is 23.3 Å². The fourth-order valence-electron chi connectivity index (χ4n) is 1.25. The zero-order chi connectivity index (χ0) is 12.0. The first-order valence-electron chi connectivity index (χ1n) is 4.94. The second-order valence-electron chi connectivity index (χ2n) is 3.47. The Labute approximate surface area is 110 Å². The lowest BCUT2D eigenvalue weighted by Gasteiger charge is -2.16. The highest BCUT2D eigenvalue weighted by Crippen LogP contribution is 2.15. The molecule has 0 saturated heterocycles. The van der Waals surface area contributed by atoms with Gasteiger partial charge in [0.25, 0.3) is 0 Å². The molecule has 2 N–H and O–H groups in total. The second kappa shape index (κ2) is 6.83. The van der Waals surface area contributed by atoms with Crippen LogP contribution >= 0.6 is 28.1 Å². The predicted octanol–water partition coefficient (Wildman–Crippen LogP) is 2.77. The molecule has 0 saturated carbocycles. The first-order valence-corrected chi connectivity index (χ1v) is 6.14. The number of benzene rings is 1. The summed E-state index contributed by atoms with van der Waals surface area (Å²) in [6, 6.07) is 8.04. The summed E-state index contributed by atoms with van der Waals surface area (Å²) in [4.78, 5) is 0. The van der Waals surface area contributed by atoms with E-state index in [-0.39, 0.29) is 6.04 Å². The number of halogens is 1. The number of nitrogens with one attached hydrogen (secondary N) is 2. The Balaban J connectivity index is 2.45. The molecule has 1 unspecified atom stereocenters. The summed E-state index contributed by atoms with van der Waals surface area (Å²) in [5.41, 5.74) is 0.955. The Hall–Kier alpha value is -0.650. The van der Waals surface area contributed by atoms with E-state index in [9.17, 15) is 0 Å². The Morgan fingerprint density at radius 1 is 1.56 bits per heavy atom. The zero-order valence-corrected chi connectivity index (χ0v) is 11.7. The predicted molar refractivity (Wildman–Crippen MR) is 74.8 cm³/mol. The van der Waals surface area contributed by atoms with Gasteiger partial charge in [-0.2, -0.15) is 0 Å². The van der Waals surface area contributed by atoms with Crippen LogP contribution in [0.25, 0.3) is 0 Å². The summed E-state index contributed by atoms with van der Waals surface area (Å²) in [6.45, 7) is 2.64. The maximum atomic E-state index is 5.18. The minimum atomic E-state index is 0.192. The van der Waals surface area contributed by atoms with Crippen molar-refractivity contribution >= 4 is 38.9 Å². The van der Waals surface area contributed by atoms with Crippen LogP contribution in [0.5, 0.6) is 0 Å². The van der Waals surface area contributed by atoms with Gasteiger partial charge >= 0.3 is 0 Å². The highest BCUT2D eigenvalue weighted by atomic mass is 79.9. The molecule has 5 heteroatoms. The Kier molecular flexibility index (Phi) is 5.73. The van der Waals surface area contributed by atoms with Crippen LogP contribution in [0.3, 0.4) is 0 Å². The zero-order valence-electron chi connectivity index (χ0n) is 9.29. The molecule has 1 atom stereocenters. The molecule has 16 heavy (non-hydrogen) atoms. The number of anilines is 1. The third-order valence-corrected chi connectivity index (χ3v) is 2.59. The van der Waals surface area contributed by atoms with E-state index in [0.29, 0.717) is 11.7 Å². The van der Waals surface area contributed by atoms with Crippen LogP contribution in [0.2, 0.25) is 0 Å². The van der Waals surface area contributed by atoms with Gasteiger partial charge in [0.2, 0.25) is 0 Å². The lowest BCUT2D eigenvalue weighted by atomic mass is 10.3. The van der Waals surface area contributed by atoms with Crippen LogP contribution in [-0.2, 0) is 4.74 Å². The number of ether oxygens (including phenoxy) is 1. The standard InChI is InChI=1S/C11H15BrN2OS/c1-8(7-15-2)13-11(16)14-10-5-3-4-9(12)6-10/h3-6,8H,7H2,1-2H3,(H2,13,14,16). The van der Waals surface area contributed by atoms with Crippen molar-refractivity contribution in [2.24, 2.45) is 0 Å². The number of rotatable bonds is 4. The van der Waals surface area contributed by atoms with Gasteiger partial charge in [0.1, 0.15) is 0 Å². The molecule has 0 aliphatic heterocycles. The average Bonchev–Trinajstić information content (AvgIpc) is 2.17. The average molecular weight is 303 g/mol. The molecule has 0 amide bonds. The lowest BCUT2D eigenvalue weighted by Crippen LogP contribution is -2.38. The molecule has 1 aromatic rings. The number of thiocarbonyl (C=S) groups is 1. The van der Waals surface area contributed by atoms with E-state index in [4.69, 9.17) is 17.0 Å². The van der Waals surface area contributed by atoms with Gasteiger partial charge in [0.15, 0.2) is 5.11 Å². The Bertz CT molecular complexity index is 360. The van der Waals surface area contributed by atoms with Gasteiger partial charge in [-0.3, -0.25) is 0 Å². The van der Waals surface area contributed by atoms with Gasteiger partial charge in [-0.05, 0) is 37.3 Å². The van der Waals surface area contributed by atoms with E-state index >= 15 is 0 Å². The molecule has 0 fully saturated rings. The molecule has 88 valence electrons. The summed E-state index contributed by atoms with van der Waals surface area (Å²) in [5, 5.41) is 6.84. The molecule has 0 heterocycles. The van der Waals surface area contributed by atoms with Crippen LogP contribution in [0, 0.1) is 0 Å². The van der Waals surface area contributed by atoms with E-state index < -0.39 is 0 Å². The summed E-state index contributed by atoms with van der Waals surface area (Å²) < 4.78 is 6.04. The fraction of sp³-hybridized carbons (Fsp3) is 0.364. The molecule has 0 bridgehead atoms. The van der Waals surface area contributed by atoms with E-state index in [2.05, 4.69) is 26.6 Å². The highest BCUT2D eigenvalue weighted by molar-refractivity contribution is 9.10. The lowest BCUT2D eigenvalue weighted by molar-refractivity contribution is 0.179. The highest BCUT2D eigenvalue weighted by Gasteiger charge is 2.03. The van der Waals surface area contributed by atoms with Gasteiger partial charge < -0.3 is 15.4 Å². The number of hydrogen-bond donors (Lipinski definition) is 2. The summed E-state index contributed by atoms with van der Waals surface area (Å²) >= 11 is 8.58. The Morgan fingerprint density at radius 2 is 2.31 bits per heavy atom. The monoisotopic (exact) mass is 302 g/mol. The first kappa shape index (κ1) is 13.4. The summed E-state index contributed by atoms with van der Waals surface area (Å²) in [7, 11) is 1.67. The maximum absolute atomic E-state index is 5.18. The molecule has 1 aromatic carbocycles. The van der Waals surface area contributed by atoms with Crippen molar-refractivity contribution in [3.05, 3.63) is 28.7 Å². The van der Waals surface area contributed by atoms with E-state index in [1.54, 1.807) is 7.11 Å². The van der Waals surface area contributed by atoms with E-state index in [0.717, 1.165) is 10.2 Å². The van der Waals surface area contributed by atoms with Crippen molar-refractivity contribution in [3.8, 4) is 0 Å². The third kappa shape index (κ3) is 4.92. The van der Waals surface area contributed by atoms with Crippen molar-refractivity contribution < 1.29 is 4.74 Å². The van der Waals surface area contributed by atoms with Crippen LogP contribution in [-0.4, -0.2) is 24.9 Å². The van der Waals surface area contributed by atoms with Crippen LogP contribution in [0.1, 0.15) is 6.92 Å².